The topological polar surface area (TPSA) is 21.7 Å². The van der Waals surface area contributed by atoms with Crippen LogP contribution in [-0.2, 0) is 0 Å². The molecule has 0 fully saturated rings. The molecule has 0 saturated heterocycles. The summed E-state index contributed by atoms with van der Waals surface area (Å²) in [7, 11) is 0. The Labute approximate surface area is 273 Å². The first kappa shape index (κ1) is 27.0. The fraction of sp³-hybridized carbons (Fsp3) is 0. The van der Waals surface area contributed by atoms with Gasteiger partial charge in [-0.05, 0) is 81.4 Å². The zero-order chi connectivity index (χ0) is 31.2. The Balaban J connectivity index is 1.18. The van der Waals surface area contributed by atoms with Crippen LogP contribution in [0.2, 0.25) is 0 Å². The van der Waals surface area contributed by atoms with Crippen LogP contribution < -0.4 is 14.4 Å². The molecule has 0 spiro atoms. The van der Waals surface area contributed by atoms with Crippen molar-refractivity contribution in [3.05, 3.63) is 176 Å². The standard InChI is InChI=1S/C44H29NO2/c1-2-11-32(12-3-1)38-16-6-7-17-39(38)45(36-24-22-31(23-25-36)35-21-20-30-10-4-5-13-34(30)28-35)37-26-27-40-43(29-37)47-42-19-9-15-33-14-8-18-41(46-40)44(33)42/h1-29H. The lowest BCUT2D eigenvalue weighted by Gasteiger charge is -2.28. The monoisotopic (exact) mass is 603 g/mol. The molecule has 0 unspecified atom stereocenters. The van der Waals surface area contributed by atoms with Crippen molar-refractivity contribution < 1.29 is 9.47 Å². The lowest BCUT2D eigenvalue weighted by atomic mass is 10.00. The summed E-state index contributed by atoms with van der Waals surface area (Å²) in [6, 6.07) is 61.5. The van der Waals surface area contributed by atoms with Crippen molar-refractivity contribution in [3.8, 4) is 45.3 Å². The van der Waals surface area contributed by atoms with Crippen molar-refractivity contribution >= 4 is 38.6 Å². The van der Waals surface area contributed by atoms with Crippen molar-refractivity contribution in [2.45, 2.75) is 0 Å². The normalized spacial score (nSPS) is 11.7. The van der Waals surface area contributed by atoms with E-state index in [2.05, 4.69) is 150 Å². The van der Waals surface area contributed by atoms with Gasteiger partial charge in [-0.3, -0.25) is 0 Å². The molecule has 1 heterocycles. The molecular weight excluding hydrogens is 574 g/mol. The highest BCUT2D eigenvalue weighted by Gasteiger charge is 2.22. The molecule has 9 rings (SSSR count). The minimum absolute atomic E-state index is 0.668. The molecule has 0 bridgehead atoms. The van der Waals surface area contributed by atoms with Gasteiger partial charge in [0.25, 0.3) is 0 Å². The number of fused-ring (bicyclic) bond motifs is 2. The van der Waals surface area contributed by atoms with E-state index in [1.807, 2.05) is 30.3 Å². The van der Waals surface area contributed by atoms with E-state index in [0.717, 1.165) is 50.5 Å². The molecule has 222 valence electrons. The molecule has 47 heavy (non-hydrogen) atoms. The van der Waals surface area contributed by atoms with Crippen LogP contribution in [0.5, 0.6) is 23.0 Å². The van der Waals surface area contributed by atoms with Crippen molar-refractivity contribution in [1.29, 1.82) is 0 Å². The maximum absolute atomic E-state index is 6.61. The van der Waals surface area contributed by atoms with Gasteiger partial charge in [-0.25, -0.2) is 0 Å². The van der Waals surface area contributed by atoms with Crippen LogP contribution in [0.15, 0.2) is 176 Å². The van der Waals surface area contributed by atoms with E-state index < -0.39 is 0 Å². The van der Waals surface area contributed by atoms with Gasteiger partial charge in [0.1, 0.15) is 11.5 Å². The number of anilines is 3. The fourth-order valence-electron chi connectivity index (χ4n) is 6.61. The lowest BCUT2D eigenvalue weighted by molar-refractivity contribution is 0.439. The van der Waals surface area contributed by atoms with E-state index in [0.29, 0.717) is 11.5 Å². The quantitative estimate of drug-likeness (QED) is 0.195. The van der Waals surface area contributed by atoms with Crippen LogP contribution in [0.3, 0.4) is 0 Å². The molecule has 0 N–H and O–H groups in total. The first-order valence-electron chi connectivity index (χ1n) is 15.8. The van der Waals surface area contributed by atoms with Gasteiger partial charge >= 0.3 is 0 Å². The Kier molecular flexibility index (Phi) is 6.46. The summed E-state index contributed by atoms with van der Waals surface area (Å²) in [5, 5.41) is 4.53. The molecule has 3 heteroatoms. The molecule has 0 aromatic heterocycles. The largest absolute Gasteiger partial charge is 0.453 e. The van der Waals surface area contributed by atoms with Crippen molar-refractivity contribution in [3.63, 3.8) is 0 Å². The van der Waals surface area contributed by atoms with E-state index in [1.165, 1.54) is 21.9 Å². The minimum atomic E-state index is 0.668. The maximum atomic E-state index is 6.61. The van der Waals surface area contributed by atoms with Gasteiger partial charge in [0.2, 0.25) is 0 Å². The second kappa shape index (κ2) is 11.2. The summed E-state index contributed by atoms with van der Waals surface area (Å²) < 4.78 is 13.1. The fourth-order valence-corrected chi connectivity index (χ4v) is 6.61. The maximum Gasteiger partial charge on any atom is 0.172 e. The summed E-state index contributed by atoms with van der Waals surface area (Å²) in [6.07, 6.45) is 0. The molecule has 3 nitrogen and oxygen atoms in total. The van der Waals surface area contributed by atoms with E-state index in [9.17, 15) is 0 Å². The molecule has 0 amide bonds. The van der Waals surface area contributed by atoms with E-state index in [1.54, 1.807) is 0 Å². The van der Waals surface area contributed by atoms with Crippen LogP contribution in [0.25, 0.3) is 43.8 Å². The van der Waals surface area contributed by atoms with Gasteiger partial charge in [0.15, 0.2) is 11.5 Å². The van der Waals surface area contributed by atoms with E-state index in [4.69, 9.17) is 9.47 Å². The molecule has 0 aliphatic carbocycles. The third kappa shape index (κ3) is 4.86. The van der Waals surface area contributed by atoms with Crippen LogP contribution in [-0.4, -0.2) is 0 Å². The van der Waals surface area contributed by atoms with Crippen molar-refractivity contribution in [2.75, 3.05) is 4.90 Å². The van der Waals surface area contributed by atoms with Gasteiger partial charge < -0.3 is 14.4 Å². The van der Waals surface area contributed by atoms with Gasteiger partial charge in [-0.15, -0.1) is 0 Å². The molecule has 0 atom stereocenters. The molecule has 0 saturated carbocycles. The number of ether oxygens (including phenoxy) is 2. The smallest absolute Gasteiger partial charge is 0.172 e. The molecule has 1 aliphatic rings. The number of hydrogen-bond acceptors (Lipinski definition) is 3. The van der Waals surface area contributed by atoms with Gasteiger partial charge in [-0.2, -0.15) is 0 Å². The van der Waals surface area contributed by atoms with Crippen LogP contribution >= 0.6 is 0 Å². The first-order chi connectivity index (χ1) is 23.3. The lowest BCUT2D eigenvalue weighted by Crippen LogP contribution is -2.11. The summed E-state index contributed by atoms with van der Waals surface area (Å²) >= 11 is 0. The zero-order valence-corrected chi connectivity index (χ0v) is 25.5. The number of para-hydroxylation sites is 1. The van der Waals surface area contributed by atoms with Crippen molar-refractivity contribution in [1.82, 2.24) is 0 Å². The van der Waals surface area contributed by atoms with Gasteiger partial charge in [0, 0.05) is 17.3 Å². The predicted octanol–water partition coefficient (Wildman–Crippen LogP) is 12.7. The summed E-state index contributed by atoms with van der Waals surface area (Å²) in [5.41, 5.74) is 7.71. The van der Waals surface area contributed by atoms with E-state index >= 15 is 0 Å². The number of hydrogen-bond donors (Lipinski definition) is 0. The second-order valence-corrected chi connectivity index (χ2v) is 11.8. The third-order valence-electron chi connectivity index (χ3n) is 8.89. The number of nitrogens with zero attached hydrogens (tertiary/aromatic N) is 1. The number of rotatable bonds is 5. The molecule has 0 radical (unpaired) electrons. The average molecular weight is 604 g/mol. The summed E-state index contributed by atoms with van der Waals surface area (Å²) in [4.78, 5) is 2.30. The Bertz CT molecular complexity index is 2410. The zero-order valence-electron chi connectivity index (χ0n) is 25.5. The van der Waals surface area contributed by atoms with Gasteiger partial charge in [0.05, 0.1) is 16.8 Å². The van der Waals surface area contributed by atoms with Crippen LogP contribution in [0.1, 0.15) is 0 Å². The van der Waals surface area contributed by atoms with E-state index in [-0.39, 0.29) is 0 Å². The van der Waals surface area contributed by atoms with Crippen LogP contribution in [0, 0.1) is 0 Å². The molecule has 8 aromatic rings. The average Bonchev–Trinajstić information content (AvgIpc) is 3.30. The van der Waals surface area contributed by atoms with Crippen molar-refractivity contribution in [2.24, 2.45) is 0 Å². The molecule has 1 aliphatic heterocycles. The summed E-state index contributed by atoms with van der Waals surface area (Å²) in [6.45, 7) is 0. The molecular formula is C44H29NO2. The highest BCUT2D eigenvalue weighted by atomic mass is 16.5. The third-order valence-corrected chi connectivity index (χ3v) is 8.89. The SMILES string of the molecule is c1ccc(-c2ccccc2N(c2ccc(-c3ccc4ccccc4c3)cc2)c2ccc3c(c2)Oc2cccc4cccc(c24)O3)cc1. The highest BCUT2D eigenvalue weighted by molar-refractivity contribution is 5.95. The Morgan fingerprint density at radius 3 is 1.79 bits per heavy atom. The Hall–Kier alpha value is -6.32. The Morgan fingerprint density at radius 1 is 0.340 bits per heavy atom. The molecule has 8 aromatic carbocycles. The van der Waals surface area contributed by atoms with Crippen LogP contribution in [0.4, 0.5) is 17.1 Å². The number of benzene rings is 8. The first-order valence-corrected chi connectivity index (χ1v) is 15.8. The highest BCUT2D eigenvalue weighted by Crippen LogP contribution is 2.49. The van der Waals surface area contributed by atoms with Gasteiger partial charge in [-0.1, -0.05) is 121 Å². The Morgan fingerprint density at radius 2 is 0.979 bits per heavy atom. The second-order valence-electron chi connectivity index (χ2n) is 11.8. The predicted molar refractivity (Wildman–Crippen MR) is 194 cm³/mol. The minimum Gasteiger partial charge on any atom is -0.453 e. The summed E-state index contributed by atoms with van der Waals surface area (Å²) in [5.74, 6) is 2.92.